The Kier molecular flexibility index (Phi) is 13.1. The van der Waals surface area contributed by atoms with Crippen LogP contribution >= 0.6 is 11.8 Å². The van der Waals surface area contributed by atoms with Gasteiger partial charge in [-0.2, -0.15) is 0 Å². The smallest absolute Gasteiger partial charge is 0.338 e. The summed E-state index contributed by atoms with van der Waals surface area (Å²) in [6.07, 6.45) is 0. The summed E-state index contributed by atoms with van der Waals surface area (Å²) in [6, 6.07) is 17.0. The highest BCUT2D eigenvalue weighted by Gasteiger charge is 2.22. The summed E-state index contributed by atoms with van der Waals surface area (Å²) in [7, 11) is 1.55. The lowest BCUT2D eigenvalue weighted by Crippen LogP contribution is -2.25. The molecule has 0 aliphatic carbocycles. The highest BCUT2D eigenvalue weighted by Crippen LogP contribution is 2.39. The third-order valence-corrected chi connectivity index (χ3v) is 7.55. The summed E-state index contributed by atoms with van der Waals surface area (Å²) in [6.45, 7) is 8.71. The first-order valence-electron chi connectivity index (χ1n) is 15.4. The van der Waals surface area contributed by atoms with Crippen LogP contribution in [0.2, 0.25) is 0 Å². The van der Waals surface area contributed by atoms with Gasteiger partial charge in [-0.3, -0.25) is 14.2 Å². The van der Waals surface area contributed by atoms with Gasteiger partial charge in [-0.25, -0.2) is 4.79 Å². The molecule has 0 radical (unpaired) electrons. The van der Waals surface area contributed by atoms with Gasteiger partial charge in [0.2, 0.25) is 11.7 Å². The molecule has 0 bridgehead atoms. The lowest BCUT2D eigenvalue weighted by atomic mass is 10.1. The fourth-order valence-electron chi connectivity index (χ4n) is 4.58. The van der Waals surface area contributed by atoms with Crippen molar-refractivity contribution in [3.63, 3.8) is 0 Å². The van der Waals surface area contributed by atoms with Crippen molar-refractivity contribution in [1.29, 1.82) is 0 Å². The van der Waals surface area contributed by atoms with Crippen LogP contribution in [0.25, 0.3) is 5.69 Å². The van der Waals surface area contributed by atoms with Gasteiger partial charge in [-0.05, 0) is 76.2 Å². The van der Waals surface area contributed by atoms with E-state index >= 15 is 0 Å². The molecule has 48 heavy (non-hydrogen) atoms. The molecule has 0 fully saturated rings. The number of amides is 2. The van der Waals surface area contributed by atoms with Gasteiger partial charge in [0, 0.05) is 11.3 Å². The number of methoxy groups -OCH3 is 1. The minimum Gasteiger partial charge on any atom is -0.495 e. The summed E-state index contributed by atoms with van der Waals surface area (Å²) in [4.78, 5) is 38.2. The van der Waals surface area contributed by atoms with Gasteiger partial charge in [0.15, 0.2) is 22.5 Å². The van der Waals surface area contributed by atoms with Gasteiger partial charge in [-0.1, -0.05) is 23.9 Å². The van der Waals surface area contributed by atoms with Crippen LogP contribution in [0, 0.1) is 0 Å². The van der Waals surface area contributed by atoms with Crippen molar-refractivity contribution in [3.8, 4) is 28.7 Å². The number of esters is 1. The van der Waals surface area contributed by atoms with Crippen LogP contribution in [-0.4, -0.2) is 71.8 Å². The Bertz CT molecular complexity index is 1680. The highest BCUT2D eigenvalue weighted by atomic mass is 32.2. The Morgan fingerprint density at radius 2 is 1.46 bits per heavy atom. The number of benzene rings is 3. The Labute approximate surface area is 283 Å². The first-order valence-corrected chi connectivity index (χ1v) is 16.4. The number of para-hydroxylation sites is 2. The molecule has 0 aliphatic rings. The molecule has 2 N–H and O–H groups in total. The standard InChI is InChI=1S/C34H39N5O8S/c1-6-44-27-18-23(19-28(45-7-2)31(27)46-8-3)32(41)35-20-29-37-38-34(39(29)25-12-10-11-13-26(25)43-5)48-21-30(40)36-24-16-14-22(15-17-24)33(42)47-9-4/h10-19H,6-9,20-21H2,1-5H3,(H,35,41)(H,36,40). The van der Waals surface area contributed by atoms with E-state index in [1.54, 1.807) is 61.1 Å². The average Bonchev–Trinajstić information content (AvgIpc) is 3.50. The molecule has 1 aromatic heterocycles. The number of ether oxygens (including phenoxy) is 5. The number of thioether (sulfide) groups is 1. The molecule has 0 unspecified atom stereocenters. The SMILES string of the molecule is CCOC(=O)c1ccc(NC(=O)CSc2nnc(CNC(=O)c3cc(OCC)c(OCC)c(OCC)c3)n2-c2ccccc2OC)cc1. The molecule has 0 saturated heterocycles. The molecule has 4 rings (SSSR count). The van der Waals surface area contributed by atoms with Crippen LogP contribution in [0.15, 0.2) is 65.8 Å². The summed E-state index contributed by atoms with van der Waals surface area (Å²) in [5.41, 5.74) is 1.86. The van der Waals surface area contributed by atoms with E-state index in [9.17, 15) is 14.4 Å². The Morgan fingerprint density at radius 3 is 2.08 bits per heavy atom. The summed E-state index contributed by atoms with van der Waals surface area (Å²) >= 11 is 1.16. The number of aromatic nitrogens is 3. The predicted octanol–water partition coefficient (Wildman–Crippen LogP) is 5.31. The van der Waals surface area contributed by atoms with Crippen LogP contribution in [0.5, 0.6) is 23.0 Å². The molecule has 14 heteroatoms. The molecule has 1 heterocycles. The summed E-state index contributed by atoms with van der Waals surface area (Å²) in [5, 5.41) is 14.8. The second kappa shape index (κ2) is 17.6. The van der Waals surface area contributed by atoms with Crippen molar-refractivity contribution < 1.29 is 38.1 Å². The Balaban J connectivity index is 1.53. The van der Waals surface area contributed by atoms with Crippen molar-refractivity contribution >= 4 is 35.2 Å². The number of rotatable bonds is 17. The molecule has 2 amide bonds. The molecular formula is C34H39N5O8S. The van der Waals surface area contributed by atoms with Gasteiger partial charge in [0.05, 0.1) is 57.1 Å². The molecule has 0 spiro atoms. The van der Waals surface area contributed by atoms with Crippen molar-refractivity contribution in [3.05, 3.63) is 77.6 Å². The quantitative estimate of drug-likeness (QED) is 0.111. The molecule has 0 aliphatic heterocycles. The maximum absolute atomic E-state index is 13.4. The van der Waals surface area contributed by atoms with Crippen LogP contribution < -0.4 is 29.6 Å². The number of anilines is 1. The molecule has 0 atom stereocenters. The maximum atomic E-state index is 13.4. The van der Waals surface area contributed by atoms with Gasteiger partial charge < -0.3 is 34.3 Å². The van der Waals surface area contributed by atoms with Crippen molar-refractivity contribution in [2.45, 2.75) is 39.4 Å². The van der Waals surface area contributed by atoms with Crippen molar-refractivity contribution in [2.75, 3.05) is 44.6 Å². The number of hydrogen-bond donors (Lipinski definition) is 2. The zero-order chi connectivity index (χ0) is 34.5. The zero-order valence-corrected chi connectivity index (χ0v) is 28.3. The second-order valence-corrected chi connectivity index (χ2v) is 10.8. The van der Waals surface area contributed by atoms with E-state index in [2.05, 4.69) is 20.8 Å². The monoisotopic (exact) mass is 677 g/mol. The third kappa shape index (κ3) is 8.97. The predicted molar refractivity (Wildman–Crippen MR) is 181 cm³/mol. The number of carbonyl (C=O) groups is 3. The van der Waals surface area contributed by atoms with E-state index in [0.717, 1.165) is 11.8 Å². The third-order valence-electron chi connectivity index (χ3n) is 6.62. The number of carbonyl (C=O) groups excluding carboxylic acids is 3. The number of nitrogens with one attached hydrogen (secondary N) is 2. The fraction of sp³-hybridized carbons (Fsp3) is 0.324. The first kappa shape index (κ1) is 35.6. The molecule has 3 aromatic carbocycles. The van der Waals surface area contributed by atoms with Gasteiger partial charge in [0.1, 0.15) is 5.75 Å². The molecule has 0 saturated carbocycles. The van der Waals surface area contributed by atoms with E-state index in [4.69, 9.17) is 23.7 Å². The molecule has 254 valence electrons. The van der Waals surface area contributed by atoms with Gasteiger partial charge >= 0.3 is 5.97 Å². The van der Waals surface area contributed by atoms with Crippen molar-refractivity contribution in [1.82, 2.24) is 20.1 Å². The van der Waals surface area contributed by atoms with E-state index < -0.39 is 11.9 Å². The van der Waals surface area contributed by atoms with Crippen LogP contribution in [0.4, 0.5) is 5.69 Å². The summed E-state index contributed by atoms with van der Waals surface area (Å²) in [5.74, 6) is 1.09. The molecule has 13 nitrogen and oxygen atoms in total. The zero-order valence-electron chi connectivity index (χ0n) is 27.5. The molecular weight excluding hydrogens is 638 g/mol. The van der Waals surface area contributed by atoms with Gasteiger partial charge in [-0.15, -0.1) is 10.2 Å². The maximum Gasteiger partial charge on any atom is 0.338 e. The van der Waals surface area contributed by atoms with E-state index in [-0.39, 0.29) is 24.8 Å². The minimum atomic E-state index is -0.432. The van der Waals surface area contributed by atoms with Crippen LogP contribution in [-0.2, 0) is 16.1 Å². The molecule has 4 aromatic rings. The number of nitrogens with zero attached hydrogens (tertiary/aromatic N) is 3. The second-order valence-electron chi connectivity index (χ2n) is 9.82. The largest absolute Gasteiger partial charge is 0.495 e. The summed E-state index contributed by atoms with van der Waals surface area (Å²) < 4.78 is 29.6. The van der Waals surface area contributed by atoms with E-state index in [1.165, 1.54) is 0 Å². The minimum absolute atomic E-state index is 0.00456. The number of hydrogen-bond acceptors (Lipinski definition) is 11. The van der Waals surface area contributed by atoms with Crippen molar-refractivity contribution in [2.24, 2.45) is 0 Å². The normalized spacial score (nSPS) is 10.6. The highest BCUT2D eigenvalue weighted by molar-refractivity contribution is 7.99. The topological polar surface area (TPSA) is 152 Å². The van der Waals surface area contributed by atoms with Crippen LogP contribution in [0.3, 0.4) is 0 Å². The lowest BCUT2D eigenvalue weighted by molar-refractivity contribution is -0.113. The fourth-order valence-corrected chi connectivity index (χ4v) is 5.34. The lowest BCUT2D eigenvalue weighted by Gasteiger charge is -2.17. The van der Waals surface area contributed by atoms with E-state index in [0.29, 0.717) is 76.3 Å². The average molecular weight is 678 g/mol. The van der Waals surface area contributed by atoms with Crippen LogP contribution in [0.1, 0.15) is 54.2 Å². The van der Waals surface area contributed by atoms with E-state index in [1.807, 2.05) is 39.0 Å². The Hall–Kier alpha value is -5.24. The van der Waals surface area contributed by atoms with Gasteiger partial charge in [0.25, 0.3) is 5.91 Å². The first-order chi connectivity index (χ1) is 23.3. The Morgan fingerprint density at radius 1 is 0.792 bits per heavy atom.